The summed E-state index contributed by atoms with van der Waals surface area (Å²) in [5, 5.41) is 10.4. The second kappa shape index (κ2) is 62.9. The third-order valence-electron chi connectivity index (χ3n) is 17.6. The van der Waals surface area contributed by atoms with E-state index < -0.39 is 11.7 Å². The fourth-order valence-corrected chi connectivity index (χ4v) is 12.3. The molecular weight excluding hydrogens is 995 g/mol. The average Bonchev–Trinajstić information content (AvgIpc) is 3.48. The maximum absolute atomic E-state index is 14.4. The molecule has 480 valence electrons. The number of aliphatic hydroxyl groups is 1. The second-order valence-electron chi connectivity index (χ2n) is 26.5. The van der Waals surface area contributed by atoms with E-state index in [0.717, 1.165) is 77.0 Å². The van der Waals surface area contributed by atoms with Crippen LogP contribution in [0, 0.1) is 0 Å². The van der Waals surface area contributed by atoms with Crippen molar-refractivity contribution in [3.63, 3.8) is 0 Å². The summed E-state index contributed by atoms with van der Waals surface area (Å²) in [6.07, 6.45) is 79.3. The molecule has 0 radical (unpaired) electrons. The van der Waals surface area contributed by atoms with Gasteiger partial charge in [-0.25, -0.2) is 0 Å². The topological polar surface area (TPSA) is 72.8 Å². The number of allylic oxidation sites excluding steroid dienone is 4. The van der Waals surface area contributed by atoms with Crippen LogP contribution in [0.3, 0.4) is 0 Å². The molecule has 2 atom stereocenters. The minimum Gasteiger partial charge on any atom is -0.458 e. The van der Waals surface area contributed by atoms with Crippen molar-refractivity contribution in [3.05, 3.63) is 24.3 Å². The molecule has 0 saturated heterocycles. The number of carbonyl (C=O) groups excluding carboxylic acids is 2. The molecule has 0 spiro atoms. The Morgan fingerprint density at radius 3 is 0.963 bits per heavy atom. The molecule has 2 unspecified atom stereocenters. The van der Waals surface area contributed by atoms with Gasteiger partial charge in [-0.2, -0.15) is 0 Å². The van der Waals surface area contributed by atoms with Crippen LogP contribution in [0.25, 0.3) is 0 Å². The summed E-state index contributed by atoms with van der Waals surface area (Å²) in [6.45, 7) is 10.3. The zero-order valence-electron chi connectivity index (χ0n) is 56.0. The first-order valence-corrected chi connectivity index (χ1v) is 36.8. The lowest BCUT2D eigenvalue weighted by Crippen LogP contribution is -2.60. The number of carbonyl (C=O) groups is 2. The number of nitrogens with zero attached hydrogens (tertiary/aromatic N) is 1. The lowest BCUT2D eigenvalue weighted by molar-refractivity contribution is -0.897. The molecule has 0 saturated carbocycles. The molecule has 0 aromatic rings. The molecule has 0 bridgehead atoms. The standard InChI is InChI=1S/C75H146NO5/c1-7-11-15-19-23-27-31-35-39-42-46-50-54-58-62-66-73(78)80-72(65-61-57-53-49-45-41-37-33-29-25-21-17-13-9-3)75(71-76(5,6)69-70-77,68-64-60-56-52-48-44-38-34-30-26-22-18-14-10-4)81-74(79)67-63-59-55-51-47-43-40-36-32-28-24-20-16-12-8-2/h35-36,39-40,72,77H,7-34,37-38,41-71H2,1-6H3/q+1/b39-35-,40-36-. The van der Waals surface area contributed by atoms with Crippen molar-refractivity contribution in [2.24, 2.45) is 0 Å². The normalized spacial score (nSPS) is 13.2. The minimum absolute atomic E-state index is 0.0592. The van der Waals surface area contributed by atoms with E-state index in [0.29, 0.717) is 43.3 Å². The molecule has 81 heavy (non-hydrogen) atoms. The Bertz CT molecular complexity index is 1340. The highest BCUT2D eigenvalue weighted by atomic mass is 16.6. The molecule has 0 fully saturated rings. The molecule has 0 aliphatic heterocycles. The van der Waals surface area contributed by atoms with Crippen molar-refractivity contribution >= 4 is 11.9 Å². The Kier molecular flexibility index (Phi) is 61.6. The van der Waals surface area contributed by atoms with Gasteiger partial charge in [-0.15, -0.1) is 0 Å². The first-order valence-electron chi connectivity index (χ1n) is 36.8. The van der Waals surface area contributed by atoms with Crippen LogP contribution in [0.1, 0.15) is 400 Å². The van der Waals surface area contributed by atoms with E-state index in [1.54, 1.807) is 0 Å². The molecule has 0 aliphatic rings. The van der Waals surface area contributed by atoms with Gasteiger partial charge in [0.2, 0.25) is 0 Å². The number of quaternary nitrogens is 1. The van der Waals surface area contributed by atoms with Crippen LogP contribution >= 0.6 is 0 Å². The zero-order valence-corrected chi connectivity index (χ0v) is 56.0. The van der Waals surface area contributed by atoms with Gasteiger partial charge in [-0.05, 0) is 89.9 Å². The smallest absolute Gasteiger partial charge is 0.306 e. The molecule has 0 amide bonds. The van der Waals surface area contributed by atoms with E-state index in [4.69, 9.17) is 9.47 Å². The van der Waals surface area contributed by atoms with Gasteiger partial charge in [0.15, 0.2) is 5.60 Å². The number of ether oxygens (including phenoxy) is 2. The number of likely N-dealkylation sites (N-methyl/N-ethyl adjacent to an activating group) is 1. The highest BCUT2D eigenvalue weighted by Gasteiger charge is 2.49. The zero-order chi connectivity index (χ0) is 59.1. The van der Waals surface area contributed by atoms with Crippen LogP contribution in [0.4, 0.5) is 0 Å². The predicted octanol–water partition coefficient (Wildman–Crippen LogP) is 24.1. The first-order chi connectivity index (χ1) is 39.7. The number of unbranched alkanes of at least 4 members (excludes halogenated alkanes) is 48. The lowest BCUT2D eigenvalue weighted by atomic mass is 9.84. The van der Waals surface area contributed by atoms with Crippen molar-refractivity contribution in [2.45, 2.75) is 412 Å². The SMILES string of the molecule is CCCCCCCC/C=C\CCCCCCCC(=O)OC(CCCCCCCCCCCCCCCC)C(CCCCCCCCCCCCCCCC)(C[N+](C)(C)CCO)OC(=O)CCCCCCC/C=C\CCCCCCCC. The largest absolute Gasteiger partial charge is 0.458 e. The fraction of sp³-hybridized carbons (Fsp3) is 0.920. The number of rotatable bonds is 67. The summed E-state index contributed by atoms with van der Waals surface area (Å²) < 4.78 is 14.3. The molecule has 0 rings (SSSR count). The molecule has 0 heterocycles. The molecule has 0 aliphatic carbocycles. The Balaban J connectivity index is 5.97. The van der Waals surface area contributed by atoms with E-state index in [9.17, 15) is 14.7 Å². The number of hydrogen-bond donors (Lipinski definition) is 1. The van der Waals surface area contributed by atoms with Gasteiger partial charge >= 0.3 is 11.9 Å². The molecule has 6 nitrogen and oxygen atoms in total. The molecule has 0 aromatic heterocycles. The van der Waals surface area contributed by atoms with Gasteiger partial charge in [0.1, 0.15) is 19.2 Å². The Morgan fingerprint density at radius 1 is 0.370 bits per heavy atom. The van der Waals surface area contributed by atoms with Crippen LogP contribution in [0.2, 0.25) is 0 Å². The van der Waals surface area contributed by atoms with Crippen LogP contribution < -0.4 is 0 Å². The maximum Gasteiger partial charge on any atom is 0.306 e. The number of aliphatic hydroxyl groups excluding tert-OH is 1. The van der Waals surface area contributed by atoms with Crippen molar-refractivity contribution in [1.82, 2.24) is 0 Å². The van der Waals surface area contributed by atoms with E-state index in [-0.39, 0.29) is 18.5 Å². The average molecular weight is 1140 g/mol. The van der Waals surface area contributed by atoms with Gasteiger partial charge in [-0.1, -0.05) is 322 Å². The van der Waals surface area contributed by atoms with Crippen LogP contribution in [0.5, 0.6) is 0 Å². The van der Waals surface area contributed by atoms with Gasteiger partial charge in [-0.3, -0.25) is 9.59 Å². The van der Waals surface area contributed by atoms with Gasteiger partial charge < -0.3 is 19.1 Å². The van der Waals surface area contributed by atoms with Gasteiger partial charge in [0.05, 0.1) is 20.7 Å². The van der Waals surface area contributed by atoms with Crippen LogP contribution in [0.15, 0.2) is 24.3 Å². The Morgan fingerprint density at radius 2 is 0.642 bits per heavy atom. The fourth-order valence-electron chi connectivity index (χ4n) is 12.3. The highest BCUT2D eigenvalue weighted by molar-refractivity contribution is 5.71. The Labute approximate surface area is 508 Å². The second-order valence-corrected chi connectivity index (χ2v) is 26.5. The summed E-state index contributed by atoms with van der Waals surface area (Å²) in [7, 11) is 4.31. The summed E-state index contributed by atoms with van der Waals surface area (Å²) >= 11 is 0. The quantitative estimate of drug-likeness (QED) is 0.0284. The summed E-state index contributed by atoms with van der Waals surface area (Å²) in [4.78, 5) is 28.5. The van der Waals surface area contributed by atoms with E-state index in [2.05, 4.69) is 66.1 Å². The van der Waals surface area contributed by atoms with Crippen molar-refractivity contribution in [1.29, 1.82) is 0 Å². The van der Waals surface area contributed by atoms with E-state index in [1.807, 2.05) is 0 Å². The first kappa shape index (κ1) is 79.3. The number of esters is 2. The molecule has 0 aromatic carbocycles. The van der Waals surface area contributed by atoms with Gasteiger partial charge in [0, 0.05) is 12.8 Å². The predicted molar refractivity (Wildman–Crippen MR) is 356 cm³/mol. The molecule has 6 heteroatoms. The van der Waals surface area contributed by atoms with Crippen molar-refractivity contribution in [2.75, 3.05) is 33.8 Å². The summed E-state index contributed by atoms with van der Waals surface area (Å²) in [5.41, 5.74) is -0.941. The molecule has 1 N–H and O–H groups in total. The van der Waals surface area contributed by atoms with E-state index in [1.165, 1.54) is 270 Å². The highest BCUT2D eigenvalue weighted by Crippen LogP contribution is 2.34. The number of hydrogen-bond acceptors (Lipinski definition) is 5. The monoisotopic (exact) mass is 1140 g/mol. The summed E-state index contributed by atoms with van der Waals surface area (Å²) in [5.74, 6) is -0.268. The Hall–Kier alpha value is -1.66. The lowest BCUT2D eigenvalue weighted by Gasteiger charge is -2.44. The molecular formula is C75H146NO5+. The maximum atomic E-state index is 14.4. The van der Waals surface area contributed by atoms with Crippen LogP contribution in [-0.4, -0.2) is 67.0 Å². The van der Waals surface area contributed by atoms with Crippen molar-refractivity contribution in [3.8, 4) is 0 Å². The summed E-state index contributed by atoms with van der Waals surface area (Å²) in [6, 6.07) is 0. The van der Waals surface area contributed by atoms with E-state index >= 15 is 0 Å². The third kappa shape index (κ3) is 55.9. The van der Waals surface area contributed by atoms with Gasteiger partial charge in [0.25, 0.3) is 0 Å². The van der Waals surface area contributed by atoms with Crippen LogP contribution in [-0.2, 0) is 19.1 Å². The van der Waals surface area contributed by atoms with Crippen molar-refractivity contribution < 1.29 is 28.7 Å². The third-order valence-corrected chi connectivity index (χ3v) is 17.6. The minimum atomic E-state index is -0.941.